The highest BCUT2D eigenvalue weighted by Gasteiger charge is 2.46. The maximum atomic E-state index is 13.2. The lowest BCUT2D eigenvalue weighted by atomic mass is 10.0. The summed E-state index contributed by atoms with van der Waals surface area (Å²) in [6.07, 6.45) is 9.94. The fourth-order valence-electron chi connectivity index (χ4n) is 4.91. The third-order valence-corrected chi connectivity index (χ3v) is 6.82. The van der Waals surface area contributed by atoms with Crippen LogP contribution in [0.5, 0.6) is 5.75 Å². The molecule has 0 spiro atoms. The summed E-state index contributed by atoms with van der Waals surface area (Å²) in [7, 11) is 0. The number of piperidine rings is 2. The molecule has 5 rings (SSSR count). The van der Waals surface area contributed by atoms with E-state index < -0.39 is 30.0 Å². The van der Waals surface area contributed by atoms with Gasteiger partial charge in [-0.1, -0.05) is 12.0 Å². The minimum absolute atomic E-state index is 0.0828. The Balaban J connectivity index is 1.21. The molecule has 2 aromatic rings. The first-order chi connectivity index (χ1) is 16.9. The van der Waals surface area contributed by atoms with Gasteiger partial charge < -0.3 is 20.1 Å². The zero-order valence-electron chi connectivity index (χ0n) is 19.2. The standard InChI is InChI=1S/C25H27N5O5/c1-2-16-14-26-29(15-16)13-12-28-10-8-17(9-11-28)35-20-5-3-4-18-22(20)25(34)30(24(18)33)19-6-7-21(31)27-23(19)32/h1,3-5,14-15,17,19,21,31H,6-13H2,(H,27,32). The highest BCUT2D eigenvalue weighted by molar-refractivity contribution is 6.24. The number of hydrogen-bond acceptors (Lipinski definition) is 7. The van der Waals surface area contributed by atoms with E-state index in [0.29, 0.717) is 5.75 Å². The molecule has 10 heteroatoms. The van der Waals surface area contributed by atoms with Crippen LogP contribution in [-0.4, -0.2) is 80.4 Å². The Labute approximate surface area is 202 Å². The van der Waals surface area contributed by atoms with Crippen molar-refractivity contribution < 1.29 is 24.2 Å². The highest BCUT2D eigenvalue weighted by atomic mass is 16.5. The van der Waals surface area contributed by atoms with Crippen molar-refractivity contribution in [3.05, 3.63) is 47.3 Å². The van der Waals surface area contributed by atoms with Crippen LogP contribution in [0.3, 0.4) is 0 Å². The van der Waals surface area contributed by atoms with E-state index in [1.165, 1.54) is 0 Å². The van der Waals surface area contributed by atoms with Crippen molar-refractivity contribution in [3.63, 3.8) is 0 Å². The molecule has 0 radical (unpaired) electrons. The topological polar surface area (TPSA) is 117 Å². The van der Waals surface area contributed by atoms with Gasteiger partial charge in [-0.3, -0.25) is 24.0 Å². The Kier molecular flexibility index (Phi) is 6.28. The molecule has 2 atom stereocenters. The van der Waals surface area contributed by atoms with Gasteiger partial charge in [0, 0.05) is 25.8 Å². The van der Waals surface area contributed by atoms with Crippen LogP contribution in [0.25, 0.3) is 0 Å². The molecule has 4 heterocycles. The Morgan fingerprint density at radius 2 is 1.91 bits per heavy atom. The summed E-state index contributed by atoms with van der Waals surface area (Å²) >= 11 is 0. The summed E-state index contributed by atoms with van der Waals surface area (Å²) in [6.45, 7) is 3.27. The summed E-state index contributed by atoms with van der Waals surface area (Å²) in [5.74, 6) is 1.38. The maximum absolute atomic E-state index is 13.2. The quantitative estimate of drug-likeness (QED) is 0.462. The number of benzene rings is 1. The molecule has 3 aliphatic rings. The molecule has 2 fully saturated rings. The fraction of sp³-hybridized carbons (Fsp3) is 0.440. The van der Waals surface area contributed by atoms with Crippen LogP contribution in [0.1, 0.15) is 52.0 Å². The van der Waals surface area contributed by atoms with Gasteiger partial charge in [-0.25, -0.2) is 0 Å². The van der Waals surface area contributed by atoms with Gasteiger partial charge >= 0.3 is 0 Å². The summed E-state index contributed by atoms with van der Waals surface area (Å²) in [5, 5.41) is 16.3. The Morgan fingerprint density at radius 1 is 1.11 bits per heavy atom. The first-order valence-corrected chi connectivity index (χ1v) is 11.8. The van der Waals surface area contributed by atoms with Crippen LogP contribution in [0.2, 0.25) is 0 Å². The van der Waals surface area contributed by atoms with Gasteiger partial charge in [-0.05, 0) is 37.8 Å². The van der Waals surface area contributed by atoms with E-state index in [0.717, 1.165) is 49.5 Å². The number of nitrogens with zero attached hydrogens (tertiary/aromatic N) is 4. The molecule has 3 aliphatic heterocycles. The first kappa shape index (κ1) is 23.1. The molecule has 35 heavy (non-hydrogen) atoms. The van der Waals surface area contributed by atoms with E-state index in [1.54, 1.807) is 24.4 Å². The average Bonchev–Trinajstić information content (AvgIpc) is 3.42. The molecule has 2 N–H and O–H groups in total. The van der Waals surface area contributed by atoms with E-state index in [-0.39, 0.29) is 30.1 Å². The predicted molar refractivity (Wildman–Crippen MR) is 124 cm³/mol. The number of hydrogen-bond donors (Lipinski definition) is 2. The molecular formula is C25H27N5O5. The Hall–Kier alpha value is -3.68. The number of imide groups is 1. The van der Waals surface area contributed by atoms with E-state index in [2.05, 4.69) is 21.2 Å². The van der Waals surface area contributed by atoms with E-state index in [9.17, 15) is 19.5 Å². The van der Waals surface area contributed by atoms with Gasteiger partial charge in [0.25, 0.3) is 11.8 Å². The first-order valence-electron chi connectivity index (χ1n) is 11.8. The van der Waals surface area contributed by atoms with Gasteiger partial charge in [-0.2, -0.15) is 5.10 Å². The molecule has 0 bridgehead atoms. The second kappa shape index (κ2) is 9.52. The Bertz CT molecular complexity index is 1190. The van der Waals surface area contributed by atoms with Crippen LogP contribution in [0.15, 0.2) is 30.6 Å². The number of amides is 3. The second-order valence-electron chi connectivity index (χ2n) is 9.07. The maximum Gasteiger partial charge on any atom is 0.266 e. The van der Waals surface area contributed by atoms with Crippen LogP contribution in [0, 0.1) is 12.3 Å². The third-order valence-electron chi connectivity index (χ3n) is 6.82. The number of terminal acetylenes is 1. The number of nitrogens with one attached hydrogen (secondary N) is 1. The lowest BCUT2D eigenvalue weighted by molar-refractivity contribution is -0.131. The zero-order valence-corrected chi connectivity index (χ0v) is 19.2. The molecular weight excluding hydrogens is 450 g/mol. The van der Waals surface area contributed by atoms with Crippen LogP contribution in [0.4, 0.5) is 0 Å². The van der Waals surface area contributed by atoms with E-state index in [4.69, 9.17) is 11.2 Å². The van der Waals surface area contributed by atoms with Crippen molar-refractivity contribution in [3.8, 4) is 18.1 Å². The summed E-state index contributed by atoms with van der Waals surface area (Å²) < 4.78 is 8.06. The van der Waals surface area contributed by atoms with Gasteiger partial charge in [-0.15, -0.1) is 6.42 Å². The molecule has 1 aromatic carbocycles. The number of aliphatic hydroxyl groups excluding tert-OH is 1. The number of carbonyl (C=O) groups is 3. The second-order valence-corrected chi connectivity index (χ2v) is 9.07. The lowest BCUT2D eigenvalue weighted by Crippen LogP contribution is -2.55. The molecule has 3 amide bonds. The fourth-order valence-corrected chi connectivity index (χ4v) is 4.91. The lowest BCUT2D eigenvalue weighted by Gasteiger charge is -2.32. The van der Waals surface area contributed by atoms with Gasteiger partial charge in [0.05, 0.1) is 29.4 Å². The summed E-state index contributed by atoms with van der Waals surface area (Å²) in [4.78, 5) is 42.0. The predicted octanol–water partition coefficient (Wildman–Crippen LogP) is 0.601. The number of rotatable bonds is 6. The van der Waals surface area contributed by atoms with E-state index >= 15 is 0 Å². The monoisotopic (exact) mass is 477 g/mol. The minimum atomic E-state index is -0.960. The normalized spacial score (nSPS) is 23.2. The van der Waals surface area contributed by atoms with Crippen LogP contribution >= 0.6 is 0 Å². The zero-order chi connectivity index (χ0) is 24.5. The minimum Gasteiger partial charge on any atom is -0.489 e. The van der Waals surface area contributed by atoms with Crippen molar-refractivity contribution in [2.24, 2.45) is 0 Å². The molecule has 2 unspecified atom stereocenters. The van der Waals surface area contributed by atoms with Crippen LogP contribution < -0.4 is 10.1 Å². The van der Waals surface area contributed by atoms with Crippen LogP contribution in [-0.2, 0) is 11.3 Å². The SMILES string of the molecule is C#Cc1cnn(CCN2CCC(Oc3cccc4c3C(=O)N(C3CCC(O)NC3=O)C4=O)CC2)c1. The van der Waals surface area contributed by atoms with Crippen molar-refractivity contribution in [2.45, 2.75) is 50.6 Å². The number of ether oxygens (including phenoxy) is 1. The number of carbonyl (C=O) groups excluding carboxylic acids is 3. The Morgan fingerprint density at radius 3 is 2.63 bits per heavy atom. The average molecular weight is 478 g/mol. The van der Waals surface area contributed by atoms with Crippen molar-refractivity contribution in [2.75, 3.05) is 19.6 Å². The van der Waals surface area contributed by atoms with Crippen molar-refractivity contribution in [1.29, 1.82) is 0 Å². The largest absolute Gasteiger partial charge is 0.489 e. The summed E-state index contributed by atoms with van der Waals surface area (Å²) in [5.41, 5.74) is 1.22. The summed E-state index contributed by atoms with van der Waals surface area (Å²) in [6, 6.07) is 4.04. The number of aromatic nitrogens is 2. The molecule has 1 aromatic heterocycles. The molecule has 0 aliphatic carbocycles. The van der Waals surface area contributed by atoms with Gasteiger partial charge in [0.1, 0.15) is 24.1 Å². The third kappa shape index (κ3) is 4.52. The molecule has 0 saturated carbocycles. The molecule has 2 saturated heterocycles. The number of aliphatic hydroxyl groups is 1. The smallest absolute Gasteiger partial charge is 0.266 e. The van der Waals surface area contributed by atoms with Gasteiger partial charge in [0.2, 0.25) is 5.91 Å². The highest BCUT2D eigenvalue weighted by Crippen LogP contribution is 2.35. The number of fused-ring (bicyclic) bond motifs is 1. The van der Waals surface area contributed by atoms with Crippen molar-refractivity contribution >= 4 is 17.7 Å². The number of likely N-dealkylation sites (tertiary alicyclic amines) is 1. The molecule has 10 nitrogen and oxygen atoms in total. The van der Waals surface area contributed by atoms with E-state index in [1.807, 2.05) is 10.9 Å². The van der Waals surface area contributed by atoms with Crippen molar-refractivity contribution in [1.82, 2.24) is 24.9 Å². The van der Waals surface area contributed by atoms with Gasteiger partial charge in [0.15, 0.2) is 0 Å². The molecule has 182 valence electrons.